The van der Waals surface area contributed by atoms with E-state index in [9.17, 15) is 0 Å². The molecule has 0 amide bonds. The van der Waals surface area contributed by atoms with Crippen molar-refractivity contribution in [3.8, 4) is 0 Å². The standard InChI is InChI=1S/C12H24N4/c1-8(2)15(5)12-11(7-9(3)13)10(4)14-16(12)6/h8-9H,7,13H2,1-6H3. The van der Waals surface area contributed by atoms with Gasteiger partial charge in [-0.15, -0.1) is 0 Å². The maximum Gasteiger partial charge on any atom is 0.130 e. The van der Waals surface area contributed by atoms with Gasteiger partial charge in [0.05, 0.1) is 5.69 Å². The fourth-order valence-electron chi connectivity index (χ4n) is 1.94. The SMILES string of the molecule is Cc1nn(C)c(N(C)C(C)C)c1CC(C)N. The number of nitrogens with zero attached hydrogens (tertiary/aromatic N) is 3. The Morgan fingerprint density at radius 1 is 1.38 bits per heavy atom. The summed E-state index contributed by atoms with van der Waals surface area (Å²) in [5.41, 5.74) is 8.25. The molecule has 0 saturated heterocycles. The molecule has 4 heteroatoms. The van der Waals surface area contributed by atoms with Crippen LogP contribution < -0.4 is 10.6 Å². The fraction of sp³-hybridized carbons (Fsp3) is 0.750. The van der Waals surface area contributed by atoms with Crippen molar-refractivity contribution >= 4 is 5.82 Å². The molecule has 2 N–H and O–H groups in total. The van der Waals surface area contributed by atoms with Crippen molar-refractivity contribution in [2.45, 2.75) is 46.2 Å². The molecule has 4 nitrogen and oxygen atoms in total. The van der Waals surface area contributed by atoms with Crippen molar-refractivity contribution in [3.63, 3.8) is 0 Å². The van der Waals surface area contributed by atoms with Crippen LogP contribution in [0.1, 0.15) is 32.0 Å². The van der Waals surface area contributed by atoms with Gasteiger partial charge in [0, 0.05) is 31.7 Å². The van der Waals surface area contributed by atoms with Crippen LogP contribution in [0.4, 0.5) is 5.82 Å². The van der Waals surface area contributed by atoms with Gasteiger partial charge in [0.25, 0.3) is 0 Å². The van der Waals surface area contributed by atoms with Crippen LogP contribution >= 0.6 is 0 Å². The third-order valence-corrected chi connectivity index (χ3v) is 2.95. The van der Waals surface area contributed by atoms with Gasteiger partial charge in [0.15, 0.2) is 0 Å². The summed E-state index contributed by atoms with van der Waals surface area (Å²) in [6.07, 6.45) is 0.881. The summed E-state index contributed by atoms with van der Waals surface area (Å²) in [5.74, 6) is 1.19. The second-order valence-corrected chi connectivity index (χ2v) is 4.90. The highest BCUT2D eigenvalue weighted by atomic mass is 15.4. The monoisotopic (exact) mass is 224 g/mol. The van der Waals surface area contributed by atoms with Crippen LogP contribution in [-0.4, -0.2) is 28.9 Å². The van der Waals surface area contributed by atoms with E-state index in [1.165, 1.54) is 11.4 Å². The summed E-state index contributed by atoms with van der Waals surface area (Å²) in [6.45, 7) is 8.44. The zero-order valence-corrected chi connectivity index (χ0v) is 11.3. The Hall–Kier alpha value is -1.03. The third-order valence-electron chi connectivity index (χ3n) is 2.95. The van der Waals surface area contributed by atoms with E-state index in [0.29, 0.717) is 6.04 Å². The van der Waals surface area contributed by atoms with Crippen LogP contribution in [0.2, 0.25) is 0 Å². The molecule has 0 aliphatic rings. The minimum Gasteiger partial charge on any atom is -0.357 e. The Bertz CT molecular complexity index is 352. The molecule has 1 heterocycles. The number of aromatic nitrogens is 2. The van der Waals surface area contributed by atoms with Gasteiger partial charge < -0.3 is 10.6 Å². The summed E-state index contributed by atoms with van der Waals surface area (Å²) >= 11 is 0. The number of hydrogen-bond donors (Lipinski definition) is 1. The minimum absolute atomic E-state index is 0.169. The molecule has 1 unspecified atom stereocenters. The summed E-state index contributed by atoms with van der Waals surface area (Å²) in [4.78, 5) is 2.25. The molecule has 0 bridgehead atoms. The molecule has 0 spiro atoms. The molecular weight excluding hydrogens is 200 g/mol. The molecule has 0 aromatic carbocycles. The number of nitrogens with two attached hydrogens (primary N) is 1. The van der Waals surface area contributed by atoms with Crippen LogP contribution in [0.5, 0.6) is 0 Å². The van der Waals surface area contributed by atoms with Gasteiger partial charge in [-0.3, -0.25) is 4.68 Å². The van der Waals surface area contributed by atoms with Gasteiger partial charge in [0.2, 0.25) is 0 Å². The lowest BCUT2D eigenvalue weighted by molar-refractivity contribution is 0.673. The van der Waals surface area contributed by atoms with E-state index >= 15 is 0 Å². The smallest absolute Gasteiger partial charge is 0.130 e. The molecule has 1 aromatic heterocycles. The van der Waals surface area contributed by atoms with Crippen molar-refractivity contribution in [2.24, 2.45) is 12.8 Å². The summed E-state index contributed by atoms with van der Waals surface area (Å²) in [6, 6.07) is 0.629. The van der Waals surface area contributed by atoms with Crippen molar-refractivity contribution in [1.82, 2.24) is 9.78 Å². The molecule has 0 aliphatic carbocycles. The highest BCUT2D eigenvalue weighted by Crippen LogP contribution is 2.24. The molecule has 0 radical (unpaired) electrons. The molecule has 92 valence electrons. The zero-order chi connectivity index (χ0) is 12.5. The van der Waals surface area contributed by atoms with Crippen molar-refractivity contribution < 1.29 is 0 Å². The van der Waals surface area contributed by atoms with Crippen LogP contribution in [-0.2, 0) is 13.5 Å². The van der Waals surface area contributed by atoms with E-state index < -0.39 is 0 Å². The van der Waals surface area contributed by atoms with E-state index in [1.54, 1.807) is 0 Å². The zero-order valence-electron chi connectivity index (χ0n) is 11.3. The lowest BCUT2D eigenvalue weighted by Gasteiger charge is -2.25. The molecule has 0 fully saturated rings. The first-order valence-electron chi connectivity index (χ1n) is 5.85. The second-order valence-electron chi connectivity index (χ2n) is 4.90. The molecular formula is C12H24N4. The van der Waals surface area contributed by atoms with Gasteiger partial charge >= 0.3 is 0 Å². The van der Waals surface area contributed by atoms with Crippen molar-refractivity contribution in [1.29, 1.82) is 0 Å². The van der Waals surface area contributed by atoms with Crippen LogP contribution in [0.25, 0.3) is 0 Å². The average Bonchev–Trinajstić information content (AvgIpc) is 2.40. The number of anilines is 1. The normalized spacial score (nSPS) is 13.2. The first-order valence-corrected chi connectivity index (χ1v) is 5.85. The Balaban J connectivity index is 3.15. The van der Waals surface area contributed by atoms with Gasteiger partial charge in [-0.25, -0.2) is 0 Å². The lowest BCUT2D eigenvalue weighted by atomic mass is 10.1. The predicted molar refractivity (Wildman–Crippen MR) is 68.8 cm³/mol. The summed E-state index contributed by atoms with van der Waals surface area (Å²) < 4.78 is 1.95. The average molecular weight is 224 g/mol. The first-order chi connectivity index (χ1) is 7.34. The maximum absolute atomic E-state index is 5.89. The van der Waals surface area contributed by atoms with Crippen LogP contribution in [0.15, 0.2) is 0 Å². The summed E-state index contributed by atoms with van der Waals surface area (Å²) in [7, 11) is 4.09. The quantitative estimate of drug-likeness (QED) is 0.842. The lowest BCUT2D eigenvalue weighted by Crippen LogP contribution is -2.29. The Morgan fingerprint density at radius 2 is 1.94 bits per heavy atom. The van der Waals surface area contributed by atoms with E-state index in [0.717, 1.165) is 12.1 Å². The van der Waals surface area contributed by atoms with Gasteiger partial charge in [-0.1, -0.05) is 0 Å². The predicted octanol–water partition coefficient (Wildman–Crippen LogP) is 1.46. The minimum atomic E-state index is 0.169. The fourth-order valence-corrected chi connectivity index (χ4v) is 1.94. The molecule has 0 aliphatic heterocycles. The molecule has 1 atom stereocenters. The second kappa shape index (κ2) is 4.87. The highest BCUT2D eigenvalue weighted by Gasteiger charge is 2.19. The summed E-state index contributed by atoms with van der Waals surface area (Å²) in [5, 5.41) is 4.49. The van der Waals surface area contributed by atoms with E-state index in [1.807, 2.05) is 18.7 Å². The Kier molecular flexibility index (Phi) is 3.97. The van der Waals surface area contributed by atoms with Gasteiger partial charge in [-0.05, 0) is 34.1 Å². The molecule has 0 saturated carbocycles. The highest BCUT2D eigenvalue weighted by molar-refractivity contribution is 5.50. The first kappa shape index (κ1) is 13.0. The van der Waals surface area contributed by atoms with Crippen LogP contribution in [0.3, 0.4) is 0 Å². The third kappa shape index (κ3) is 2.55. The maximum atomic E-state index is 5.89. The largest absolute Gasteiger partial charge is 0.357 e. The van der Waals surface area contributed by atoms with E-state index in [4.69, 9.17) is 5.73 Å². The Morgan fingerprint density at radius 3 is 2.38 bits per heavy atom. The number of rotatable bonds is 4. The molecule has 1 aromatic rings. The molecule has 16 heavy (non-hydrogen) atoms. The Labute approximate surface area is 98.4 Å². The number of hydrogen-bond acceptors (Lipinski definition) is 3. The van der Waals surface area contributed by atoms with Crippen molar-refractivity contribution in [3.05, 3.63) is 11.3 Å². The van der Waals surface area contributed by atoms with Gasteiger partial charge in [-0.2, -0.15) is 5.10 Å². The molecule has 1 rings (SSSR count). The van der Waals surface area contributed by atoms with E-state index in [2.05, 4.69) is 37.8 Å². The van der Waals surface area contributed by atoms with Crippen molar-refractivity contribution in [2.75, 3.05) is 11.9 Å². The number of aryl methyl sites for hydroxylation is 2. The van der Waals surface area contributed by atoms with Gasteiger partial charge in [0.1, 0.15) is 5.82 Å². The topological polar surface area (TPSA) is 47.1 Å². The van der Waals surface area contributed by atoms with Crippen LogP contribution in [0, 0.1) is 6.92 Å². The van der Waals surface area contributed by atoms with E-state index in [-0.39, 0.29) is 6.04 Å².